The van der Waals surface area contributed by atoms with Crippen molar-refractivity contribution in [2.45, 2.75) is 32.7 Å². The third-order valence-electron chi connectivity index (χ3n) is 2.38. The molecule has 0 radical (unpaired) electrons. The number of nitrogens with one attached hydrogen (secondary N) is 1. The van der Waals surface area contributed by atoms with E-state index in [9.17, 15) is 4.79 Å². The van der Waals surface area contributed by atoms with Crippen molar-refractivity contribution in [3.8, 4) is 0 Å². The van der Waals surface area contributed by atoms with Gasteiger partial charge < -0.3 is 5.32 Å². The van der Waals surface area contributed by atoms with E-state index in [2.05, 4.69) is 12.2 Å². The van der Waals surface area contributed by atoms with E-state index < -0.39 is 0 Å². The van der Waals surface area contributed by atoms with Gasteiger partial charge in [0, 0.05) is 17.8 Å². The van der Waals surface area contributed by atoms with E-state index in [4.69, 9.17) is 11.6 Å². The van der Waals surface area contributed by atoms with Crippen LogP contribution in [0.25, 0.3) is 0 Å². The van der Waals surface area contributed by atoms with Crippen LogP contribution in [0.3, 0.4) is 0 Å². The van der Waals surface area contributed by atoms with E-state index >= 15 is 0 Å². The molecule has 1 aliphatic carbocycles. The lowest BCUT2D eigenvalue weighted by atomic mass is 10.1. The first-order chi connectivity index (χ1) is 5.65. The van der Waals surface area contributed by atoms with Crippen molar-refractivity contribution in [1.82, 2.24) is 5.32 Å². The standard InChI is InChI=1S/C9H16ClNO/c1-6(5-10)9(12)11-7(2)8-3-4-8/h6-8H,3-5H2,1-2H3,(H,11,12). The monoisotopic (exact) mass is 189 g/mol. The summed E-state index contributed by atoms with van der Waals surface area (Å²) in [5.74, 6) is 1.15. The lowest BCUT2D eigenvalue weighted by Crippen LogP contribution is -2.38. The van der Waals surface area contributed by atoms with Crippen LogP contribution in [0.4, 0.5) is 0 Å². The second kappa shape index (κ2) is 4.13. The van der Waals surface area contributed by atoms with Gasteiger partial charge in [0.25, 0.3) is 0 Å². The average molecular weight is 190 g/mol. The first-order valence-corrected chi connectivity index (χ1v) is 5.05. The molecule has 0 spiro atoms. The highest BCUT2D eigenvalue weighted by Gasteiger charge is 2.29. The Kier molecular flexibility index (Phi) is 3.39. The second-order valence-electron chi connectivity index (χ2n) is 3.69. The summed E-state index contributed by atoms with van der Waals surface area (Å²) in [5, 5.41) is 2.97. The van der Waals surface area contributed by atoms with Crippen LogP contribution in [0.2, 0.25) is 0 Å². The molecule has 0 aromatic carbocycles. The highest BCUT2D eigenvalue weighted by molar-refractivity contribution is 6.19. The van der Waals surface area contributed by atoms with Crippen molar-refractivity contribution >= 4 is 17.5 Å². The summed E-state index contributed by atoms with van der Waals surface area (Å²) in [5.41, 5.74) is 0. The topological polar surface area (TPSA) is 29.1 Å². The fourth-order valence-electron chi connectivity index (χ4n) is 1.15. The van der Waals surface area contributed by atoms with E-state index in [0.29, 0.717) is 11.9 Å². The Labute approximate surface area is 78.7 Å². The maximum Gasteiger partial charge on any atom is 0.224 e. The van der Waals surface area contributed by atoms with Gasteiger partial charge in [-0.15, -0.1) is 11.6 Å². The third kappa shape index (κ3) is 2.67. The minimum absolute atomic E-state index is 0.0622. The van der Waals surface area contributed by atoms with Gasteiger partial charge in [-0.2, -0.15) is 0 Å². The van der Waals surface area contributed by atoms with Crippen LogP contribution in [-0.4, -0.2) is 17.8 Å². The summed E-state index contributed by atoms with van der Waals surface area (Å²) in [6.45, 7) is 3.92. The fraction of sp³-hybridized carbons (Fsp3) is 0.889. The zero-order valence-corrected chi connectivity index (χ0v) is 8.40. The summed E-state index contributed by atoms with van der Waals surface area (Å²) in [6.07, 6.45) is 2.52. The van der Waals surface area contributed by atoms with E-state index in [0.717, 1.165) is 5.92 Å². The summed E-state index contributed by atoms with van der Waals surface area (Å²) in [7, 11) is 0. The van der Waals surface area contributed by atoms with Gasteiger partial charge in [0.15, 0.2) is 0 Å². The molecule has 2 unspecified atom stereocenters. The van der Waals surface area contributed by atoms with Gasteiger partial charge in [-0.1, -0.05) is 6.92 Å². The van der Waals surface area contributed by atoms with Crippen LogP contribution in [0.5, 0.6) is 0 Å². The van der Waals surface area contributed by atoms with E-state index in [1.807, 2.05) is 6.92 Å². The largest absolute Gasteiger partial charge is 0.353 e. The molecule has 0 aliphatic heterocycles. The molecule has 0 aromatic heterocycles. The van der Waals surface area contributed by atoms with Crippen molar-refractivity contribution in [3.05, 3.63) is 0 Å². The number of carbonyl (C=O) groups excluding carboxylic acids is 1. The number of rotatable bonds is 4. The molecule has 0 aromatic rings. The van der Waals surface area contributed by atoms with Crippen LogP contribution in [-0.2, 0) is 4.79 Å². The van der Waals surface area contributed by atoms with Crippen LogP contribution in [0.1, 0.15) is 26.7 Å². The highest BCUT2D eigenvalue weighted by atomic mass is 35.5. The molecule has 12 heavy (non-hydrogen) atoms. The Bertz CT molecular complexity index is 168. The first-order valence-electron chi connectivity index (χ1n) is 4.51. The van der Waals surface area contributed by atoms with Crippen LogP contribution in [0, 0.1) is 11.8 Å². The lowest BCUT2D eigenvalue weighted by molar-refractivity contribution is -0.124. The van der Waals surface area contributed by atoms with E-state index in [1.165, 1.54) is 12.8 Å². The summed E-state index contributed by atoms with van der Waals surface area (Å²) >= 11 is 5.56. The van der Waals surface area contributed by atoms with E-state index in [-0.39, 0.29) is 11.8 Å². The third-order valence-corrected chi connectivity index (χ3v) is 2.84. The molecule has 2 nitrogen and oxygen atoms in total. The molecular formula is C9H16ClNO. The summed E-state index contributed by atoms with van der Waals surface area (Å²) in [4.78, 5) is 11.3. The molecule has 2 atom stereocenters. The fourth-order valence-corrected chi connectivity index (χ4v) is 1.29. The molecule has 1 saturated carbocycles. The smallest absolute Gasteiger partial charge is 0.224 e. The van der Waals surface area contributed by atoms with Gasteiger partial charge in [0.1, 0.15) is 0 Å². The molecule has 1 amide bonds. The number of alkyl halides is 1. The number of carbonyl (C=O) groups is 1. The van der Waals surface area contributed by atoms with Crippen molar-refractivity contribution < 1.29 is 4.79 Å². The Balaban J connectivity index is 2.24. The predicted molar refractivity (Wildman–Crippen MR) is 50.2 cm³/mol. The molecule has 1 fully saturated rings. The molecule has 70 valence electrons. The maximum absolute atomic E-state index is 11.3. The predicted octanol–water partition coefficient (Wildman–Crippen LogP) is 1.78. The summed E-state index contributed by atoms with van der Waals surface area (Å²) in [6, 6.07) is 0.336. The Morgan fingerprint density at radius 2 is 2.17 bits per heavy atom. The molecule has 3 heteroatoms. The van der Waals surface area contributed by atoms with Gasteiger partial charge in [0.05, 0.1) is 0 Å². The number of hydrogen-bond acceptors (Lipinski definition) is 1. The zero-order chi connectivity index (χ0) is 9.14. The van der Waals surface area contributed by atoms with Gasteiger partial charge in [-0.25, -0.2) is 0 Å². The second-order valence-corrected chi connectivity index (χ2v) is 4.00. The molecule has 0 saturated heterocycles. The van der Waals surface area contributed by atoms with Crippen LogP contribution >= 0.6 is 11.6 Å². The molecule has 1 rings (SSSR count). The minimum atomic E-state index is -0.0622. The molecular weight excluding hydrogens is 174 g/mol. The van der Waals surface area contributed by atoms with Gasteiger partial charge in [0.2, 0.25) is 5.91 Å². The quantitative estimate of drug-likeness (QED) is 0.672. The van der Waals surface area contributed by atoms with Gasteiger partial charge in [-0.05, 0) is 25.7 Å². The Hall–Kier alpha value is -0.240. The number of hydrogen-bond donors (Lipinski definition) is 1. The first kappa shape index (κ1) is 9.85. The van der Waals surface area contributed by atoms with Crippen molar-refractivity contribution in [1.29, 1.82) is 0 Å². The Morgan fingerprint density at radius 3 is 2.58 bits per heavy atom. The molecule has 1 aliphatic rings. The molecule has 0 bridgehead atoms. The van der Waals surface area contributed by atoms with Crippen molar-refractivity contribution in [3.63, 3.8) is 0 Å². The van der Waals surface area contributed by atoms with Crippen molar-refractivity contribution in [2.24, 2.45) is 11.8 Å². The zero-order valence-electron chi connectivity index (χ0n) is 7.64. The van der Waals surface area contributed by atoms with E-state index in [1.54, 1.807) is 0 Å². The normalized spacial score (nSPS) is 21.6. The summed E-state index contributed by atoms with van der Waals surface area (Å²) < 4.78 is 0. The minimum Gasteiger partial charge on any atom is -0.353 e. The van der Waals surface area contributed by atoms with Crippen molar-refractivity contribution in [2.75, 3.05) is 5.88 Å². The number of amides is 1. The van der Waals surface area contributed by atoms with Crippen LogP contribution in [0.15, 0.2) is 0 Å². The van der Waals surface area contributed by atoms with Crippen LogP contribution < -0.4 is 5.32 Å². The van der Waals surface area contributed by atoms with Gasteiger partial charge >= 0.3 is 0 Å². The molecule has 0 heterocycles. The highest BCUT2D eigenvalue weighted by Crippen LogP contribution is 2.32. The lowest BCUT2D eigenvalue weighted by Gasteiger charge is -2.15. The Morgan fingerprint density at radius 1 is 1.58 bits per heavy atom. The van der Waals surface area contributed by atoms with Gasteiger partial charge in [-0.3, -0.25) is 4.79 Å². The average Bonchev–Trinajstić information content (AvgIpc) is 2.84. The maximum atomic E-state index is 11.3. The number of halogens is 1. The molecule has 1 N–H and O–H groups in total. The SMILES string of the molecule is CC(CCl)C(=O)NC(C)C1CC1.